The van der Waals surface area contributed by atoms with Crippen LogP contribution in [0, 0.1) is 6.92 Å². The van der Waals surface area contributed by atoms with Crippen LogP contribution in [-0.4, -0.2) is 71.9 Å². The minimum Gasteiger partial charge on any atom is -0.353 e. The molecular formula is C33H40N8O2S. The van der Waals surface area contributed by atoms with Crippen LogP contribution >= 0.6 is 11.3 Å². The monoisotopic (exact) mass is 612 g/mol. The second-order valence-electron chi connectivity index (χ2n) is 11.6. The lowest BCUT2D eigenvalue weighted by Crippen LogP contribution is -2.48. The first-order valence-corrected chi connectivity index (χ1v) is 16.2. The molecule has 0 saturated carbocycles. The molecule has 0 spiro atoms. The van der Waals surface area contributed by atoms with Crippen molar-refractivity contribution in [2.24, 2.45) is 7.05 Å². The van der Waals surface area contributed by atoms with Gasteiger partial charge in [0, 0.05) is 68.6 Å². The zero-order chi connectivity index (χ0) is 30.6. The van der Waals surface area contributed by atoms with Crippen molar-refractivity contribution < 1.29 is 4.79 Å². The van der Waals surface area contributed by atoms with Gasteiger partial charge in [0.15, 0.2) is 11.6 Å². The van der Waals surface area contributed by atoms with Crippen LogP contribution in [0.3, 0.4) is 0 Å². The maximum atomic E-state index is 13.2. The molecule has 230 valence electrons. The fourth-order valence-corrected chi connectivity index (χ4v) is 7.14. The second kappa shape index (κ2) is 13.3. The molecule has 4 aromatic rings. The number of pyridine rings is 1. The van der Waals surface area contributed by atoms with E-state index in [-0.39, 0.29) is 11.5 Å². The van der Waals surface area contributed by atoms with Crippen LogP contribution in [0.1, 0.15) is 38.5 Å². The molecule has 44 heavy (non-hydrogen) atoms. The van der Waals surface area contributed by atoms with Gasteiger partial charge in [0.25, 0.3) is 11.5 Å². The lowest BCUT2D eigenvalue weighted by molar-refractivity contribution is 0.103. The molecule has 3 N–H and O–H groups in total. The Morgan fingerprint density at radius 3 is 2.57 bits per heavy atom. The molecule has 3 aromatic heterocycles. The number of aromatic nitrogens is 3. The summed E-state index contributed by atoms with van der Waals surface area (Å²) in [6.45, 7) is 7.82. The Bertz CT molecular complexity index is 1670. The molecule has 1 fully saturated rings. The molecular weight excluding hydrogens is 572 g/mol. The summed E-state index contributed by atoms with van der Waals surface area (Å²) in [5.41, 5.74) is 5.04. The zero-order valence-electron chi connectivity index (χ0n) is 25.7. The fourth-order valence-electron chi connectivity index (χ4n) is 5.99. The average molecular weight is 613 g/mol. The molecule has 1 aliphatic heterocycles. The van der Waals surface area contributed by atoms with Gasteiger partial charge in [-0.25, -0.2) is 0 Å². The maximum absolute atomic E-state index is 13.2. The smallest absolute Gasteiger partial charge is 0.274 e. The topological polar surface area (TPSA) is 107 Å². The Labute approximate surface area is 262 Å². The first kappa shape index (κ1) is 30.0. The first-order chi connectivity index (χ1) is 21.4. The number of likely N-dealkylation sites (N-methyl/N-ethyl adjacent to an activating group) is 1. The molecule has 4 heterocycles. The number of carbonyl (C=O) groups excluding carboxylic acids is 1. The predicted molar refractivity (Wildman–Crippen MR) is 179 cm³/mol. The molecule has 0 bridgehead atoms. The highest BCUT2D eigenvalue weighted by molar-refractivity contribution is 7.14. The molecule has 2 aliphatic rings. The standard InChI is InChI=1S/C33H40N8O2S/c1-22-25(8-6-9-26(22)36-32(42)29-20-23-7-4-5-10-28(23)44-29)24-19-27(33(43)39(3)21-24)35-30-11-12-31(38-37-30)41-17-15-40(16-18-41)14-13-34-2/h6,8-9,11-12,19-21,34H,4-5,7,10,13-18H2,1-3H3,(H,35,37)(H,36,42). The highest BCUT2D eigenvalue weighted by Crippen LogP contribution is 2.32. The summed E-state index contributed by atoms with van der Waals surface area (Å²) in [5, 5.41) is 18.4. The first-order valence-electron chi connectivity index (χ1n) is 15.4. The Kier molecular flexibility index (Phi) is 9.06. The molecule has 1 saturated heterocycles. The normalized spacial score (nSPS) is 15.2. The number of hydrogen-bond acceptors (Lipinski definition) is 9. The van der Waals surface area contributed by atoms with Gasteiger partial charge in [-0.1, -0.05) is 12.1 Å². The van der Waals surface area contributed by atoms with E-state index in [1.54, 1.807) is 23.0 Å². The van der Waals surface area contributed by atoms with Crippen molar-refractivity contribution in [3.8, 4) is 11.1 Å². The van der Waals surface area contributed by atoms with Crippen molar-refractivity contribution in [1.82, 2.24) is 25.0 Å². The van der Waals surface area contributed by atoms with E-state index in [4.69, 9.17) is 0 Å². The Morgan fingerprint density at radius 1 is 1.00 bits per heavy atom. The van der Waals surface area contributed by atoms with Crippen molar-refractivity contribution in [2.75, 3.05) is 61.8 Å². The fraction of sp³-hybridized carbons (Fsp3) is 0.394. The third-order valence-corrected chi connectivity index (χ3v) is 9.82. The zero-order valence-corrected chi connectivity index (χ0v) is 26.5. The van der Waals surface area contributed by atoms with Crippen LogP contribution in [0.25, 0.3) is 11.1 Å². The van der Waals surface area contributed by atoms with Crippen LogP contribution in [-0.2, 0) is 19.9 Å². The van der Waals surface area contributed by atoms with Crippen molar-refractivity contribution >= 4 is 40.3 Å². The Morgan fingerprint density at radius 2 is 1.82 bits per heavy atom. The molecule has 6 rings (SSSR count). The van der Waals surface area contributed by atoms with Gasteiger partial charge in [-0.15, -0.1) is 21.5 Å². The minimum atomic E-state index is -0.166. The van der Waals surface area contributed by atoms with E-state index in [0.29, 0.717) is 11.5 Å². The summed E-state index contributed by atoms with van der Waals surface area (Å²) in [6.07, 6.45) is 6.32. The minimum absolute atomic E-state index is 0.0786. The number of piperazine rings is 1. The number of nitrogens with one attached hydrogen (secondary N) is 3. The van der Waals surface area contributed by atoms with Gasteiger partial charge >= 0.3 is 0 Å². The predicted octanol–water partition coefficient (Wildman–Crippen LogP) is 4.43. The largest absolute Gasteiger partial charge is 0.353 e. The van der Waals surface area contributed by atoms with Crippen LogP contribution in [0.15, 0.2) is 53.5 Å². The SMILES string of the molecule is CNCCN1CCN(c2ccc(Nc3cc(-c4cccc(NC(=O)c5cc6c(s5)CCCC6)c4C)cn(C)c3=O)nn2)CC1. The number of nitrogens with zero attached hydrogens (tertiary/aromatic N) is 5. The number of hydrogen-bond donors (Lipinski definition) is 3. The highest BCUT2D eigenvalue weighted by atomic mass is 32.1. The van der Waals surface area contributed by atoms with E-state index in [9.17, 15) is 9.59 Å². The van der Waals surface area contributed by atoms with Crippen molar-refractivity contribution in [2.45, 2.75) is 32.6 Å². The van der Waals surface area contributed by atoms with Gasteiger partial charge in [0.05, 0.1) is 4.88 Å². The molecule has 0 atom stereocenters. The second-order valence-corrected chi connectivity index (χ2v) is 12.7. The van der Waals surface area contributed by atoms with Crippen LogP contribution < -0.4 is 26.4 Å². The third-order valence-electron chi connectivity index (χ3n) is 8.58. The van der Waals surface area contributed by atoms with Gasteiger partial charge in [-0.3, -0.25) is 14.5 Å². The quantitative estimate of drug-likeness (QED) is 0.255. The molecule has 10 nitrogen and oxygen atoms in total. The van der Waals surface area contributed by atoms with Gasteiger partial charge in [0.1, 0.15) is 5.69 Å². The van der Waals surface area contributed by atoms with E-state index in [2.05, 4.69) is 42.0 Å². The Balaban J connectivity index is 1.17. The van der Waals surface area contributed by atoms with Crippen LogP contribution in [0.5, 0.6) is 0 Å². The number of fused-ring (bicyclic) bond motifs is 1. The van der Waals surface area contributed by atoms with E-state index in [1.807, 2.05) is 56.6 Å². The lowest BCUT2D eigenvalue weighted by Gasteiger charge is -2.35. The van der Waals surface area contributed by atoms with E-state index in [1.165, 1.54) is 23.3 Å². The molecule has 11 heteroatoms. The van der Waals surface area contributed by atoms with Gasteiger partial charge in [-0.2, -0.15) is 0 Å². The van der Waals surface area contributed by atoms with Gasteiger partial charge in [0.2, 0.25) is 0 Å². The van der Waals surface area contributed by atoms with E-state index >= 15 is 0 Å². The molecule has 1 aromatic carbocycles. The van der Waals surface area contributed by atoms with Crippen molar-refractivity contribution in [3.63, 3.8) is 0 Å². The molecule has 0 unspecified atom stereocenters. The number of anilines is 4. The number of aryl methyl sites for hydroxylation is 3. The number of thiophene rings is 1. The van der Waals surface area contributed by atoms with E-state index < -0.39 is 0 Å². The number of amides is 1. The Hall–Kier alpha value is -4.06. The lowest BCUT2D eigenvalue weighted by atomic mass is 9.99. The van der Waals surface area contributed by atoms with Gasteiger partial charge < -0.3 is 25.4 Å². The number of rotatable bonds is 9. The number of benzene rings is 1. The van der Waals surface area contributed by atoms with Crippen molar-refractivity contribution in [1.29, 1.82) is 0 Å². The summed E-state index contributed by atoms with van der Waals surface area (Å²) in [7, 11) is 3.72. The summed E-state index contributed by atoms with van der Waals surface area (Å²) >= 11 is 1.61. The summed E-state index contributed by atoms with van der Waals surface area (Å²) < 4.78 is 1.56. The average Bonchev–Trinajstić information content (AvgIpc) is 3.49. The highest BCUT2D eigenvalue weighted by Gasteiger charge is 2.20. The number of carbonyl (C=O) groups is 1. The summed E-state index contributed by atoms with van der Waals surface area (Å²) in [6, 6.07) is 13.6. The van der Waals surface area contributed by atoms with E-state index in [0.717, 1.165) is 85.2 Å². The molecule has 1 aliphatic carbocycles. The summed E-state index contributed by atoms with van der Waals surface area (Å²) in [5.74, 6) is 1.26. The van der Waals surface area contributed by atoms with Crippen LogP contribution in [0.4, 0.5) is 23.0 Å². The van der Waals surface area contributed by atoms with Crippen LogP contribution in [0.2, 0.25) is 0 Å². The maximum Gasteiger partial charge on any atom is 0.274 e. The van der Waals surface area contributed by atoms with Gasteiger partial charge in [-0.05, 0) is 86.7 Å². The summed E-state index contributed by atoms with van der Waals surface area (Å²) in [4.78, 5) is 33.1. The third kappa shape index (κ3) is 6.54. The molecule has 0 radical (unpaired) electrons. The molecule has 1 amide bonds. The van der Waals surface area contributed by atoms with Crippen molar-refractivity contribution in [3.05, 3.63) is 79.9 Å².